The van der Waals surface area contributed by atoms with Crippen LogP contribution in [0.2, 0.25) is 0 Å². The molecular weight excluding hydrogens is 172 g/mol. The van der Waals surface area contributed by atoms with Gasteiger partial charge in [0.1, 0.15) is 5.82 Å². The summed E-state index contributed by atoms with van der Waals surface area (Å²) in [6, 6.07) is 0. The predicted octanol–water partition coefficient (Wildman–Crippen LogP) is 2.61. The summed E-state index contributed by atoms with van der Waals surface area (Å²) in [6.07, 6.45) is 3.50. The summed E-state index contributed by atoms with van der Waals surface area (Å²) in [5.41, 5.74) is 4.29. The molecule has 2 heteroatoms. The van der Waals surface area contributed by atoms with Gasteiger partial charge in [-0.1, -0.05) is 13.8 Å². The summed E-state index contributed by atoms with van der Waals surface area (Å²) < 4.78 is 0. The van der Waals surface area contributed by atoms with Crippen molar-refractivity contribution in [1.82, 2.24) is 9.97 Å². The average Bonchev–Trinajstić information content (AvgIpc) is 2.06. The van der Waals surface area contributed by atoms with Gasteiger partial charge in [-0.05, 0) is 44.1 Å². The van der Waals surface area contributed by atoms with Crippen LogP contribution in [0, 0.1) is 19.3 Å². The smallest absolute Gasteiger partial charge is 0.125 e. The quantitative estimate of drug-likeness (QED) is 0.628. The molecule has 0 spiro atoms. The van der Waals surface area contributed by atoms with Gasteiger partial charge < -0.3 is 0 Å². The van der Waals surface area contributed by atoms with Crippen LogP contribution >= 0.6 is 0 Å². The second kappa shape index (κ2) is 3.04. The normalized spacial score (nSPS) is 19.1. The third kappa shape index (κ3) is 1.66. The molecule has 0 bridgehead atoms. The zero-order valence-electron chi connectivity index (χ0n) is 9.52. The summed E-state index contributed by atoms with van der Waals surface area (Å²) in [7, 11) is 0. The highest BCUT2D eigenvalue weighted by Gasteiger charge is 2.27. The number of aromatic nitrogens is 2. The van der Waals surface area contributed by atoms with Gasteiger partial charge in [-0.2, -0.15) is 0 Å². The molecule has 0 aliphatic heterocycles. The van der Waals surface area contributed by atoms with Gasteiger partial charge in [0.25, 0.3) is 0 Å². The molecule has 1 aromatic heterocycles. The molecule has 2 rings (SSSR count). The minimum absolute atomic E-state index is 0.427. The first-order valence-electron chi connectivity index (χ1n) is 5.31. The molecule has 0 fully saturated rings. The van der Waals surface area contributed by atoms with E-state index >= 15 is 0 Å². The van der Waals surface area contributed by atoms with E-state index in [4.69, 9.17) is 0 Å². The molecular formula is C12H18N2. The summed E-state index contributed by atoms with van der Waals surface area (Å²) in [5, 5.41) is 0. The Morgan fingerprint density at radius 2 is 1.86 bits per heavy atom. The molecule has 2 nitrogen and oxygen atoms in total. The molecule has 1 aliphatic carbocycles. The van der Waals surface area contributed by atoms with Gasteiger partial charge in [0.15, 0.2) is 0 Å². The van der Waals surface area contributed by atoms with Crippen LogP contribution in [0.1, 0.15) is 43.0 Å². The van der Waals surface area contributed by atoms with Gasteiger partial charge in [-0.25, -0.2) is 9.97 Å². The number of aryl methyl sites for hydroxylation is 3. The fraction of sp³-hybridized carbons (Fsp3) is 0.667. The Labute approximate surface area is 85.8 Å². The standard InChI is InChI=1S/C12H18N2/c1-8-10-7-12(3,4)6-5-11(10)14-9(2)13-8/h5-7H2,1-4H3. The van der Waals surface area contributed by atoms with Gasteiger partial charge in [-0.3, -0.25) is 0 Å². The first-order chi connectivity index (χ1) is 6.48. The molecule has 1 aromatic rings. The summed E-state index contributed by atoms with van der Waals surface area (Å²) >= 11 is 0. The number of rotatable bonds is 0. The Hall–Kier alpha value is -0.920. The summed E-state index contributed by atoms with van der Waals surface area (Å²) in [6.45, 7) is 8.74. The highest BCUT2D eigenvalue weighted by atomic mass is 14.9. The molecule has 0 N–H and O–H groups in total. The minimum Gasteiger partial charge on any atom is -0.238 e. The molecule has 0 saturated heterocycles. The van der Waals surface area contributed by atoms with E-state index in [0.29, 0.717) is 5.41 Å². The van der Waals surface area contributed by atoms with Gasteiger partial charge in [-0.15, -0.1) is 0 Å². The number of hydrogen-bond donors (Lipinski definition) is 0. The molecule has 0 radical (unpaired) electrons. The molecule has 0 unspecified atom stereocenters. The van der Waals surface area contributed by atoms with Crippen LogP contribution in [0.15, 0.2) is 0 Å². The Balaban J connectivity index is 2.47. The zero-order chi connectivity index (χ0) is 10.3. The third-order valence-electron chi connectivity index (χ3n) is 3.11. The Morgan fingerprint density at radius 3 is 2.57 bits per heavy atom. The molecule has 0 amide bonds. The van der Waals surface area contributed by atoms with Crippen LogP contribution < -0.4 is 0 Å². The van der Waals surface area contributed by atoms with Crippen molar-refractivity contribution >= 4 is 0 Å². The fourth-order valence-electron chi connectivity index (χ4n) is 2.27. The van der Waals surface area contributed by atoms with Crippen LogP contribution in [-0.2, 0) is 12.8 Å². The fourth-order valence-corrected chi connectivity index (χ4v) is 2.27. The van der Waals surface area contributed by atoms with Crippen LogP contribution in [-0.4, -0.2) is 9.97 Å². The highest BCUT2D eigenvalue weighted by molar-refractivity contribution is 5.29. The van der Waals surface area contributed by atoms with E-state index in [1.165, 1.54) is 23.4 Å². The monoisotopic (exact) mass is 190 g/mol. The van der Waals surface area contributed by atoms with Crippen molar-refractivity contribution in [3.63, 3.8) is 0 Å². The first kappa shape index (κ1) is 9.63. The van der Waals surface area contributed by atoms with Crippen molar-refractivity contribution in [2.45, 2.75) is 47.0 Å². The van der Waals surface area contributed by atoms with Crippen LogP contribution in [0.3, 0.4) is 0 Å². The van der Waals surface area contributed by atoms with Crippen molar-refractivity contribution in [2.75, 3.05) is 0 Å². The van der Waals surface area contributed by atoms with Gasteiger partial charge in [0.05, 0.1) is 0 Å². The Morgan fingerprint density at radius 1 is 1.14 bits per heavy atom. The minimum atomic E-state index is 0.427. The lowest BCUT2D eigenvalue weighted by Crippen LogP contribution is -2.24. The maximum absolute atomic E-state index is 4.53. The zero-order valence-corrected chi connectivity index (χ0v) is 9.52. The van der Waals surface area contributed by atoms with Crippen LogP contribution in [0.5, 0.6) is 0 Å². The van der Waals surface area contributed by atoms with E-state index in [2.05, 4.69) is 30.7 Å². The molecule has 0 saturated carbocycles. The second-order valence-electron chi connectivity index (χ2n) is 5.12. The van der Waals surface area contributed by atoms with Gasteiger partial charge in [0.2, 0.25) is 0 Å². The second-order valence-corrected chi connectivity index (χ2v) is 5.12. The Bertz CT molecular complexity index is 367. The Kier molecular flexibility index (Phi) is 2.09. The third-order valence-corrected chi connectivity index (χ3v) is 3.11. The molecule has 1 aliphatic rings. The lowest BCUT2D eigenvalue weighted by Gasteiger charge is -2.31. The summed E-state index contributed by atoms with van der Waals surface area (Å²) in [4.78, 5) is 8.97. The molecule has 0 aromatic carbocycles. The highest BCUT2D eigenvalue weighted by Crippen LogP contribution is 2.34. The van der Waals surface area contributed by atoms with E-state index in [9.17, 15) is 0 Å². The molecule has 14 heavy (non-hydrogen) atoms. The lowest BCUT2D eigenvalue weighted by molar-refractivity contribution is 0.310. The largest absolute Gasteiger partial charge is 0.238 e. The van der Waals surface area contributed by atoms with E-state index < -0.39 is 0 Å². The SMILES string of the molecule is Cc1nc(C)c2c(n1)CCC(C)(C)C2. The van der Waals surface area contributed by atoms with Gasteiger partial charge >= 0.3 is 0 Å². The van der Waals surface area contributed by atoms with Crippen molar-refractivity contribution in [2.24, 2.45) is 5.41 Å². The van der Waals surface area contributed by atoms with Crippen molar-refractivity contribution in [3.8, 4) is 0 Å². The van der Waals surface area contributed by atoms with E-state index in [-0.39, 0.29) is 0 Å². The van der Waals surface area contributed by atoms with Gasteiger partial charge in [0, 0.05) is 11.4 Å². The predicted molar refractivity (Wildman–Crippen MR) is 57.3 cm³/mol. The van der Waals surface area contributed by atoms with E-state index in [1.807, 2.05) is 6.92 Å². The van der Waals surface area contributed by atoms with Crippen molar-refractivity contribution in [3.05, 3.63) is 22.8 Å². The molecule has 0 atom stereocenters. The topological polar surface area (TPSA) is 25.8 Å². The van der Waals surface area contributed by atoms with E-state index in [0.717, 1.165) is 18.7 Å². The number of hydrogen-bond acceptors (Lipinski definition) is 2. The first-order valence-corrected chi connectivity index (χ1v) is 5.31. The number of fused-ring (bicyclic) bond motifs is 1. The number of nitrogens with zero attached hydrogens (tertiary/aromatic N) is 2. The maximum atomic E-state index is 4.53. The van der Waals surface area contributed by atoms with E-state index in [1.54, 1.807) is 0 Å². The molecule has 1 heterocycles. The molecule has 76 valence electrons. The van der Waals surface area contributed by atoms with Crippen LogP contribution in [0.25, 0.3) is 0 Å². The lowest BCUT2D eigenvalue weighted by atomic mass is 9.75. The van der Waals surface area contributed by atoms with Crippen molar-refractivity contribution < 1.29 is 0 Å². The maximum Gasteiger partial charge on any atom is 0.125 e. The van der Waals surface area contributed by atoms with Crippen molar-refractivity contribution in [1.29, 1.82) is 0 Å². The van der Waals surface area contributed by atoms with Crippen LogP contribution in [0.4, 0.5) is 0 Å². The average molecular weight is 190 g/mol. The summed E-state index contributed by atoms with van der Waals surface area (Å²) in [5.74, 6) is 0.918.